The molecule has 0 radical (unpaired) electrons. The fourth-order valence-corrected chi connectivity index (χ4v) is 1.80. The third-order valence-corrected chi connectivity index (χ3v) is 2.61. The minimum absolute atomic E-state index is 0.483. The molecule has 0 aliphatic carbocycles. The van der Waals surface area contributed by atoms with Gasteiger partial charge in [0.25, 0.3) is 0 Å². The van der Waals surface area contributed by atoms with Gasteiger partial charge in [-0.1, -0.05) is 89.2 Å². The number of benzene rings is 2. The molecule has 0 spiro atoms. The molecule has 0 heterocycles. The van der Waals surface area contributed by atoms with Crippen LogP contribution in [0.3, 0.4) is 0 Å². The van der Waals surface area contributed by atoms with Gasteiger partial charge in [-0.2, -0.15) is 0 Å². The Labute approximate surface area is 157 Å². The van der Waals surface area contributed by atoms with Crippen molar-refractivity contribution in [1.29, 1.82) is 0 Å². The summed E-state index contributed by atoms with van der Waals surface area (Å²) in [7, 11) is 0. The van der Waals surface area contributed by atoms with Crippen molar-refractivity contribution in [2.24, 2.45) is 10.7 Å². The molecule has 26 heavy (non-hydrogen) atoms. The van der Waals surface area contributed by atoms with Gasteiger partial charge in [0.15, 0.2) is 0 Å². The van der Waals surface area contributed by atoms with Crippen LogP contribution in [-0.2, 0) is 4.84 Å². The number of aliphatic hydroxyl groups excluding tert-OH is 1. The van der Waals surface area contributed by atoms with E-state index in [0.717, 1.165) is 15.9 Å². The minimum Gasteiger partial charge on any atom is -0.363 e. The van der Waals surface area contributed by atoms with Gasteiger partial charge in [0, 0.05) is 5.39 Å². The molecule has 0 bridgehead atoms. The van der Waals surface area contributed by atoms with E-state index < -0.39 is 6.29 Å². The first-order valence-electron chi connectivity index (χ1n) is 8.85. The number of hydrogen-bond acceptors (Lipinski definition) is 4. The van der Waals surface area contributed by atoms with Crippen LogP contribution in [0.5, 0.6) is 0 Å². The van der Waals surface area contributed by atoms with Crippen LogP contribution in [0.1, 0.15) is 48.5 Å². The lowest BCUT2D eigenvalue weighted by atomic mass is 10.0. The van der Waals surface area contributed by atoms with Crippen molar-refractivity contribution < 1.29 is 9.94 Å². The van der Waals surface area contributed by atoms with Gasteiger partial charge in [0.2, 0.25) is 6.29 Å². The van der Waals surface area contributed by atoms with Crippen molar-refractivity contribution in [2.75, 3.05) is 5.17 Å². The van der Waals surface area contributed by atoms with Gasteiger partial charge < -0.3 is 5.11 Å². The van der Waals surface area contributed by atoms with Crippen molar-refractivity contribution in [3.63, 3.8) is 0 Å². The smallest absolute Gasteiger partial charge is 0.202 e. The first-order valence-corrected chi connectivity index (χ1v) is 8.85. The topological polar surface area (TPSA) is 62.1 Å². The van der Waals surface area contributed by atoms with Crippen LogP contribution in [0, 0.1) is 10.3 Å². The van der Waals surface area contributed by atoms with Crippen LogP contribution >= 0.6 is 0 Å². The molecule has 1 unspecified atom stereocenters. The summed E-state index contributed by atoms with van der Waals surface area (Å²) in [4.78, 5) is 16.0. The summed E-state index contributed by atoms with van der Waals surface area (Å²) < 4.78 is 0. The van der Waals surface area contributed by atoms with Gasteiger partial charge in [-0.25, -0.2) is 4.84 Å². The van der Waals surface area contributed by atoms with Gasteiger partial charge in [-0.3, -0.25) is 0 Å². The number of fused-ring (bicyclic) bond motifs is 1. The van der Waals surface area contributed by atoms with Crippen molar-refractivity contribution in [3.8, 4) is 0 Å². The average Bonchev–Trinajstić information content (AvgIpc) is 2.60. The van der Waals surface area contributed by atoms with Gasteiger partial charge >= 0.3 is 0 Å². The summed E-state index contributed by atoms with van der Waals surface area (Å²) >= 11 is 0. The van der Waals surface area contributed by atoms with E-state index >= 15 is 0 Å². The lowest BCUT2D eigenvalue weighted by molar-refractivity contribution is -0.0767. The van der Waals surface area contributed by atoms with E-state index in [-0.39, 0.29) is 0 Å². The molecule has 2 aromatic rings. The molecule has 0 aliphatic heterocycles. The zero-order valence-corrected chi connectivity index (χ0v) is 16.9. The number of allylic oxidation sites excluding steroid dienone is 1. The second-order valence-corrected chi connectivity index (χ2v) is 6.87. The van der Waals surface area contributed by atoms with Crippen LogP contribution in [0.2, 0.25) is 0 Å². The van der Waals surface area contributed by atoms with Crippen LogP contribution < -0.4 is 5.17 Å². The van der Waals surface area contributed by atoms with Crippen LogP contribution in [-0.4, -0.2) is 11.4 Å². The summed E-state index contributed by atoms with van der Waals surface area (Å²) in [6.07, 6.45) is 1.81. The third kappa shape index (κ3) is 9.30. The largest absolute Gasteiger partial charge is 0.363 e. The monoisotopic (exact) mass is 360 g/mol. The van der Waals surface area contributed by atoms with Crippen LogP contribution in [0.4, 0.5) is 5.69 Å². The summed E-state index contributed by atoms with van der Waals surface area (Å²) in [5, 5.41) is 14.9. The molecule has 1 N–H and O–H groups in total. The number of anilines is 1. The molecule has 5 heteroatoms. The van der Waals surface area contributed by atoms with E-state index in [1.807, 2.05) is 44.2 Å². The van der Waals surface area contributed by atoms with E-state index in [0.29, 0.717) is 11.1 Å². The Hall–Kier alpha value is -2.24. The number of aliphatic hydroxyl groups is 1. The molecule has 2 aromatic carbocycles. The van der Waals surface area contributed by atoms with Gasteiger partial charge in [0.1, 0.15) is 5.69 Å². The Morgan fingerprint density at radius 3 is 2.15 bits per heavy atom. The number of nitrogens with zero attached hydrogens (tertiary/aromatic N) is 2. The first kappa shape index (κ1) is 23.8. The molecule has 0 fully saturated rings. The van der Waals surface area contributed by atoms with Gasteiger partial charge in [0.05, 0.1) is 5.29 Å². The zero-order valence-electron chi connectivity index (χ0n) is 16.9. The van der Waals surface area contributed by atoms with Crippen molar-refractivity contribution in [3.05, 3.63) is 59.5 Å². The van der Waals surface area contributed by atoms with E-state index in [1.165, 1.54) is 6.08 Å². The van der Waals surface area contributed by atoms with Crippen LogP contribution in [0.15, 0.2) is 59.9 Å². The first-order chi connectivity index (χ1) is 12.3. The maximum absolute atomic E-state index is 10.9. The summed E-state index contributed by atoms with van der Waals surface area (Å²) in [6, 6.07) is 13.0. The number of hydrogen-bond donors (Lipinski definition) is 1. The fraction of sp³-hybridized carbons (Fsp3) is 0.429. The molecule has 0 saturated heterocycles. The molecule has 0 aromatic heterocycles. The van der Waals surface area contributed by atoms with E-state index in [4.69, 9.17) is 4.84 Å². The average molecular weight is 360 g/mol. The van der Waals surface area contributed by atoms with Crippen molar-refractivity contribution in [2.45, 2.75) is 54.8 Å². The van der Waals surface area contributed by atoms with Crippen molar-refractivity contribution in [1.82, 2.24) is 0 Å². The lowest BCUT2D eigenvalue weighted by Crippen LogP contribution is -2.23. The standard InChI is InChI=1S/C14H14N2O3.C5H12.C2H6/c1-2-6-14(17)19-16(15-18)13-10-5-8-11-7-3-4-9-12(11)13;1-5(2,3)4;1-2/h2-10,14,17H,1H3;1-4H3;1-2H3/b6-2+;;. The van der Waals surface area contributed by atoms with E-state index in [9.17, 15) is 10.0 Å². The fourth-order valence-electron chi connectivity index (χ4n) is 1.80. The highest BCUT2D eigenvalue weighted by Crippen LogP contribution is 2.27. The predicted molar refractivity (Wildman–Crippen MR) is 111 cm³/mol. The minimum atomic E-state index is -1.22. The highest BCUT2D eigenvalue weighted by Gasteiger charge is 2.14. The molecular formula is C21H32N2O3. The Morgan fingerprint density at radius 2 is 1.62 bits per heavy atom. The third-order valence-electron chi connectivity index (χ3n) is 2.61. The van der Waals surface area contributed by atoms with Crippen molar-refractivity contribution >= 4 is 16.5 Å². The lowest BCUT2D eigenvalue weighted by Gasteiger charge is -2.18. The summed E-state index contributed by atoms with van der Waals surface area (Å²) in [6.45, 7) is 14.5. The molecule has 0 amide bonds. The number of nitroso groups, excluding NO2 is 1. The molecular weight excluding hydrogens is 328 g/mol. The Morgan fingerprint density at radius 1 is 1.08 bits per heavy atom. The maximum atomic E-state index is 10.9. The highest BCUT2D eigenvalue weighted by molar-refractivity contribution is 5.93. The summed E-state index contributed by atoms with van der Waals surface area (Å²) in [5.41, 5.74) is 0.983. The molecule has 144 valence electrons. The highest BCUT2D eigenvalue weighted by atomic mass is 16.8. The van der Waals surface area contributed by atoms with Gasteiger partial charge in [-0.15, -0.1) is 4.91 Å². The van der Waals surface area contributed by atoms with E-state index in [2.05, 4.69) is 33.0 Å². The van der Waals surface area contributed by atoms with Gasteiger partial charge in [-0.05, 0) is 29.9 Å². The molecule has 1 atom stereocenters. The molecule has 2 rings (SSSR count). The Bertz CT molecular complexity index is 667. The predicted octanol–water partition coefficient (Wildman–Crippen LogP) is 6.23. The second kappa shape index (κ2) is 12.2. The molecule has 0 saturated carbocycles. The van der Waals surface area contributed by atoms with E-state index in [1.54, 1.807) is 25.1 Å². The van der Waals surface area contributed by atoms with Crippen LogP contribution in [0.25, 0.3) is 10.8 Å². The SMILES string of the molecule is C/C=C/C(O)ON(N=O)c1cccc2ccccc12.CC.CC(C)(C)C. The Balaban J connectivity index is 0.000000772. The zero-order chi connectivity index (χ0) is 20.2. The normalized spacial score (nSPS) is 11.8. The Kier molecular flexibility index (Phi) is 11.1. The quantitative estimate of drug-likeness (QED) is 0.297. The molecule has 0 aliphatic rings. The molecule has 5 nitrogen and oxygen atoms in total. The number of rotatable bonds is 5. The summed E-state index contributed by atoms with van der Waals surface area (Å²) in [5.74, 6) is 0. The maximum Gasteiger partial charge on any atom is 0.202 e. The second-order valence-electron chi connectivity index (χ2n) is 6.87.